The summed E-state index contributed by atoms with van der Waals surface area (Å²) >= 11 is 0. The van der Waals surface area contributed by atoms with E-state index in [1.807, 2.05) is 19.3 Å². The number of hydrogen-bond donors (Lipinski definition) is 1. The molecule has 0 aromatic carbocycles. The van der Waals surface area contributed by atoms with Gasteiger partial charge in [0.2, 0.25) is 0 Å². The van der Waals surface area contributed by atoms with E-state index in [2.05, 4.69) is 37.3 Å². The van der Waals surface area contributed by atoms with Gasteiger partial charge in [-0.25, -0.2) is 4.98 Å². The summed E-state index contributed by atoms with van der Waals surface area (Å²) in [7, 11) is 1.91. The molecule has 3 rings (SSSR count). The number of piperidine rings is 1. The van der Waals surface area contributed by atoms with Gasteiger partial charge in [-0.05, 0) is 44.4 Å². The molecule has 1 aliphatic heterocycles. The number of aryl methyl sites for hydroxylation is 1. The van der Waals surface area contributed by atoms with E-state index in [0.717, 1.165) is 37.4 Å². The summed E-state index contributed by atoms with van der Waals surface area (Å²) in [6.45, 7) is 2.06. The number of pyridine rings is 1. The van der Waals surface area contributed by atoms with Gasteiger partial charge in [0.05, 0.1) is 5.69 Å². The summed E-state index contributed by atoms with van der Waals surface area (Å²) < 4.78 is 0. The van der Waals surface area contributed by atoms with Crippen molar-refractivity contribution in [2.24, 2.45) is 0 Å². The predicted octanol–water partition coefficient (Wildman–Crippen LogP) is 2.90. The Kier molecular flexibility index (Phi) is 5.53. The summed E-state index contributed by atoms with van der Waals surface area (Å²) in [5.74, 6) is 0.947. The van der Waals surface area contributed by atoms with Crippen LogP contribution >= 0.6 is 0 Å². The molecule has 5 heteroatoms. The molecule has 1 aliphatic rings. The van der Waals surface area contributed by atoms with Crippen LogP contribution in [0.5, 0.6) is 0 Å². The number of hydrogen-bond acceptors (Lipinski definition) is 5. The first kappa shape index (κ1) is 15.9. The minimum absolute atomic E-state index is 0.616. The van der Waals surface area contributed by atoms with Gasteiger partial charge in [-0.15, -0.1) is 0 Å². The number of aromatic nitrogens is 3. The third-order valence-corrected chi connectivity index (χ3v) is 4.53. The summed E-state index contributed by atoms with van der Waals surface area (Å²) in [6.07, 6.45) is 11.4. The van der Waals surface area contributed by atoms with Crippen molar-refractivity contribution in [3.63, 3.8) is 0 Å². The molecule has 2 aromatic heterocycles. The lowest BCUT2D eigenvalue weighted by molar-refractivity contribution is 0.130. The Morgan fingerprint density at radius 2 is 2.17 bits per heavy atom. The molecule has 0 saturated carbocycles. The van der Waals surface area contributed by atoms with Crippen LogP contribution in [0.1, 0.15) is 37.1 Å². The van der Waals surface area contributed by atoms with Gasteiger partial charge >= 0.3 is 0 Å². The molecule has 1 atom stereocenters. The molecule has 0 bridgehead atoms. The van der Waals surface area contributed by atoms with E-state index in [9.17, 15) is 0 Å². The number of anilines is 1. The fraction of sp³-hybridized carbons (Fsp3) is 0.500. The first-order valence-electron chi connectivity index (χ1n) is 8.48. The lowest BCUT2D eigenvalue weighted by Gasteiger charge is -2.35. The molecule has 5 nitrogen and oxygen atoms in total. The normalized spacial score (nSPS) is 18.7. The average Bonchev–Trinajstić information content (AvgIpc) is 2.62. The Labute approximate surface area is 138 Å². The molecule has 23 heavy (non-hydrogen) atoms. The van der Waals surface area contributed by atoms with Crippen LogP contribution < -0.4 is 5.32 Å². The van der Waals surface area contributed by atoms with E-state index in [1.165, 1.54) is 25.0 Å². The van der Waals surface area contributed by atoms with Crippen LogP contribution in [0, 0.1) is 0 Å². The maximum Gasteiger partial charge on any atom is 0.125 e. The van der Waals surface area contributed by atoms with Gasteiger partial charge in [0.1, 0.15) is 5.82 Å². The fourth-order valence-electron chi connectivity index (χ4n) is 3.29. The molecule has 0 amide bonds. The van der Waals surface area contributed by atoms with Crippen LogP contribution in [0.25, 0.3) is 0 Å². The minimum atomic E-state index is 0.616. The molecule has 0 unspecified atom stereocenters. The molecule has 1 fully saturated rings. The van der Waals surface area contributed by atoms with Crippen molar-refractivity contribution in [1.29, 1.82) is 0 Å². The van der Waals surface area contributed by atoms with Crippen LogP contribution in [-0.4, -0.2) is 39.5 Å². The Bertz CT molecular complexity index is 601. The van der Waals surface area contributed by atoms with Gasteiger partial charge in [0.25, 0.3) is 0 Å². The summed E-state index contributed by atoms with van der Waals surface area (Å²) in [6, 6.07) is 6.82. The summed E-state index contributed by atoms with van der Waals surface area (Å²) in [5, 5.41) is 3.11. The number of rotatable bonds is 6. The van der Waals surface area contributed by atoms with E-state index >= 15 is 0 Å². The Morgan fingerprint density at radius 3 is 3.00 bits per heavy atom. The van der Waals surface area contributed by atoms with Crippen LogP contribution in [0.4, 0.5) is 5.82 Å². The second kappa shape index (κ2) is 8.02. The predicted molar refractivity (Wildman–Crippen MR) is 92.2 cm³/mol. The molecule has 3 heterocycles. The maximum absolute atomic E-state index is 4.63. The molecule has 0 spiro atoms. The van der Waals surface area contributed by atoms with Gasteiger partial charge in [-0.1, -0.05) is 12.5 Å². The quantitative estimate of drug-likeness (QED) is 0.889. The monoisotopic (exact) mass is 311 g/mol. The highest BCUT2D eigenvalue weighted by Gasteiger charge is 2.22. The Morgan fingerprint density at radius 1 is 1.22 bits per heavy atom. The van der Waals surface area contributed by atoms with Crippen molar-refractivity contribution >= 4 is 5.82 Å². The molecule has 1 N–H and O–H groups in total. The van der Waals surface area contributed by atoms with E-state index in [-0.39, 0.29) is 0 Å². The van der Waals surface area contributed by atoms with Crippen molar-refractivity contribution in [1.82, 2.24) is 19.9 Å². The van der Waals surface area contributed by atoms with Crippen LogP contribution in [0.3, 0.4) is 0 Å². The molecular weight excluding hydrogens is 286 g/mol. The molecular formula is C18H25N5. The van der Waals surface area contributed by atoms with Crippen molar-refractivity contribution in [2.75, 3.05) is 18.9 Å². The second-order valence-corrected chi connectivity index (χ2v) is 6.12. The largest absolute Gasteiger partial charge is 0.373 e. The number of likely N-dealkylation sites (tertiary alicyclic amines) is 1. The van der Waals surface area contributed by atoms with E-state index in [0.29, 0.717) is 6.04 Å². The van der Waals surface area contributed by atoms with Crippen molar-refractivity contribution in [2.45, 2.75) is 44.7 Å². The zero-order chi connectivity index (χ0) is 15.9. The zero-order valence-corrected chi connectivity index (χ0v) is 13.8. The maximum atomic E-state index is 4.63. The lowest BCUT2D eigenvalue weighted by Crippen LogP contribution is -2.39. The lowest BCUT2D eigenvalue weighted by atomic mass is 9.97. The second-order valence-electron chi connectivity index (χ2n) is 6.12. The molecule has 0 radical (unpaired) electrons. The standard InChI is InChI=1S/C18H25N5/c1-19-18-7-4-5-15(22-18)8-9-17-6-2-3-12-23(17)14-16-13-20-10-11-21-16/h4-5,7,10-11,13,17H,2-3,6,8-9,12,14H2,1H3,(H,19,22)/t17-/m1/s1. The highest BCUT2D eigenvalue weighted by atomic mass is 15.2. The van der Waals surface area contributed by atoms with Crippen LogP contribution in [-0.2, 0) is 13.0 Å². The number of nitrogens with zero attached hydrogens (tertiary/aromatic N) is 4. The first-order valence-corrected chi connectivity index (χ1v) is 8.48. The van der Waals surface area contributed by atoms with Gasteiger partial charge in [-0.3, -0.25) is 14.9 Å². The molecule has 2 aromatic rings. The average molecular weight is 311 g/mol. The van der Waals surface area contributed by atoms with Gasteiger partial charge in [0, 0.05) is 43.9 Å². The third kappa shape index (κ3) is 4.48. The first-order chi connectivity index (χ1) is 11.3. The minimum Gasteiger partial charge on any atom is -0.373 e. The van der Waals surface area contributed by atoms with Crippen molar-refractivity contribution in [3.05, 3.63) is 48.2 Å². The SMILES string of the molecule is CNc1cccc(CC[C@H]2CCCCN2Cc2cnccn2)n1. The molecule has 0 aliphatic carbocycles. The van der Waals surface area contributed by atoms with Crippen LogP contribution in [0.15, 0.2) is 36.8 Å². The zero-order valence-electron chi connectivity index (χ0n) is 13.8. The smallest absolute Gasteiger partial charge is 0.125 e. The van der Waals surface area contributed by atoms with Gasteiger partial charge < -0.3 is 5.32 Å². The summed E-state index contributed by atoms with van der Waals surface area (Å²) in [5.41, 5.74) is 2.23. The van der Waals surface area contributed by atoms with Crippen molar-refractivity contribution < 1.29 is 0 Å². The Hall–Kier alpha value is -2.01. The van der Waals surface area contributed by atoms with Crippen LogP contribution in [0.2, 0.25) is 0 Å². The Balaban J connectivity index is 1.60. The highest BCUT2D eigenvalue weighted by molar-refractivity contribution is 5.34. The molecule has 1 saturated heterocycles. The highest BCUT2D eigenvalue weighted by Crippen LogP contribution is 2.22. The fourth-order valence-corrected chi connectivity index (χ4v) is 3.29. The van der Waals surface area contributed by atoms with E-state index < -0.39 is 0 Å². The summed E-state index contributed by atoms with van der Waals surface area (Å²) in [4.78, 5) is 15.8. The molecule has 122 valence electrons. The van der Waals surface area contributed by atoms with Gasteiger partial charge in [0.15, 0.2) is 0 Å². The topological polar surface area (TPSA) is 53.9 Å². The van der Waals surface area contributed by atoms with Gasteiger partial charge in [-0.2, -0.15) is 0 Å². The van der Waals surface area contributed by atoms with E-state index in [1.54, 1.807) is 12.4 Å². The number of nitrogens with one attached hydrogen (secondary N) is 1. The van der Waals surface area contributed by atoms with E-state index in [4.69, 9.17) is 0 Å². The third-order valence-electron chi connectivity index (χ3n) is 4.53. The van der Waals surface area contributed by atoms with Crippen molar-refractivity contribution in [3.8, 4) is 0 Å².